The van der Waals surface area contributed by atoms with Crippen molar-refractivity contribution in [3.05, 3.63) is 187 Å². The van der Waals surface area contributed by atoms with Crippen LogP contribution in [-0.2, 0) is 5.41 Å². The van der Waals surface area contributed by atoms with E-state index in [0.29, 0.717) is 0 Å². The Balaban J connectivity index is 1.22. The van der Waals surface area contributed by atoms with Crippen molar-refractivity contribution in [2.24, 2.45) is 0 Å². The van der Waals surface area contributed by atoms with E-state index in [-0.39, 0.29) is 5.41 Å². The van der Waals surface area contributed by atoms with Gasteiger partial charge in [0.15, 0.2) is 0 Å². The van der Waals surface area contributed by atoms with Crippen LogP contribution in [0, 0.1) is 0 Å². The minimum absolute atomic E-state index is 0.117. The van der Waals surface area contributed by atoms with Gasteiger partial charge in [-0.05, 0) is 86.8 Å². The van der Waals surface area contributed by atoms with E-state index < -0.39 is 0 Å². The molecule has 2 heteroatoms. The summed E-state index contributed by atoms with van der Waals surface area (Å²) in [6.07, 6.45) is 0. The third kappa shape index (κ3) is 4.57. The van der Waals surface area contributed by atoms with E-state index in [2.05, 4.69) is 189 Å². The molecule has 51 heavy (non-hydrogen) atoms. The van der Waals surface area contributed by atoms with Crippen molar-refractivity contribution in [3.8, 4) is 33.4 Å². The third-order valence-corrected chi connectivity index (χ3v) is 10.9. The molecule has 0 bridgehead atoms. The first-order valence-corrected chi connectivity index (χ1v) is 17.7. The topological polar surface area (TPSA) is 16.4 Å². The predicted molar refractivity (Wildman–Crippen MR) is 214 cm³/mol. The van der Waals surface area contributed by atoms with Crippen molar-refractivity contribution in [2.75, 3.05) is 4.90 Å². The summed E-state index contributed by atoms with van der Waals surface area (Å²) in [6.45, 7) is 4.70. The second-order valence-corrected chi connectivity index (χ2v) is 14.1. The summed E-state index contributed by atoms with van der Waals surface area (Å²) < 4.78 is 6.50. The quantitative estimate of drug-likeness (QED) is 0.184. The van der Waals surface area contributed by atoms with E-state index in [1.807, 2.05) is 6.07 Å². The number of fused-ring (bicyclic) bond motifs is 8. The van der Waals surface area contributed by atoms with Crippen molar-refractivity contribution in [1.29, 1.82) is 0 Å². The smallest absolute Gasteiger partial charge is 0.143 e. The molecule has 0 amide bonds. The van der Waals surface area contributed by atoms with Gasteiger partial charge in [0.2, 0.25) is 0 Å². The van der Waals surface area contributed by atoms with Crippen molar-refractivity contribution in [3.63, 3.8) is 0 Å². The molecule has 0 radical (unpaired) electrons. The highest BCUT2D eigenvalue weighted by Crippen LogP contribution is 2.52. The lowest BCUT2D eigenvalue weighted by Gasteiger charge is -2.30. The largest absolute Gasteiger partial charge is 0.455 e. The number of anilines is 3. The molecule has 8 aromatic carbocycles. The Morgan fingerprint density at radius 1 is 0.412 bits per heavy atom. The summed E-state index contributed by atoms with van der Waals surface area (Å²) in [4.78, 5) is 2.44. The van der Waals surface area contributed by atoms with Crippen LogP contribution in [0.15, 0.2) is 180 Å². The summed E-state index contributed by atoms with van der Waals surface area (Å²) in [5.74, 6) is 0. The maximum absolute atomic E-state index is 6.50. The second kappa shape index (κ2) is 11.3. The fraction of sp³-hybridized carbons (Fsp3) is 0.0612. The molecule has 9 aromatic rings. The molecule has 2 nitrogen and oxygen atoms in total. The Morgan fingerprint density at radius 3 is 1.84 bits per heavy atom. The lowest BCUT2D eigenvalue weighted by Crippen LogP contribution is -2.16. The standard InChI is InChI=1S/C49H35NO/c1-49(2)44-21-11-8-17-37(44)38-29-28-35(30-45(38)49)50(34-26-24-33(25-27-34)32-14-4-3-5-15-32)46-22-12-9-18-39(46)42-31-43-40-19-10-13-23-47(40)51-48(43)41-20-7-6-16-36(41)42/h3-31H,1-2H3. The van der Waals surface area contributed by atoms with Gasteiger partial charge in [-0.1, -0.05) is 147 Å². The highest BCUT2D eigenvalue weighted by atomic mass is 16.3. The fourth-order valence-corrected chi connectivity index (χ4v) is 8.36. The van der Waals surface area contributed by atoms with Crippen LogP contribution >= 0.6 is 0 Å². The molecule has 1 aromatic heterocycles. The second-order valence-electron chi connectivity index (χ2n) is 14.1. The summed E-state index contributed by atoms with van der Waals surface area (Å²) in [7, 11) is 0. The van der Waals surface area contributed by atoms with Gasteiger partial charge >= 0.3 is 0 Å². The number of furan rings is 1. The maximum Gasteiger partial charge on any atom is 0.143 e. The van der Waals surface area contributed by atoms with Crippen LogP contribution in [-0.4, -0.2) is 0 Å². The molecular formula is C49H35NO. The molecule has 0 saturated carbocycles. The highest BCUT2D eigenvalue weighted by Gasteiger charge is 2.36. The lowest BCUT2D eigenvalue weighted by atomic mass is 9.82. The molecule has 0 atom stereocenters. The zero-order valence-electron chi connectivity index (χ0n) is 28.6. The molecule has 0 aliphatic heterocycles. The molecule has 0 spiro atoms. The van der Waals surface area contributed by atoms with Gasteiger partial charge in [0.1, 0.15) is 11.2 Å². The van der Waals surface area contributed by atoms with Crippen LogP contribution in [0.1, 0.15) is 25.0 Å². The minimum atomic E-state index is -0.117. The molecule has 0 unspecified atom stereocenters. The van der Waals surface area contributed by atoms with Gasteiger partial charge in [-0.3, -0.25) is 0 Å². The average Bonchev–Trinajstić information content (AvgIpc) is 3.67. The van der Waals surface area contributed by atoms with E-state index in [4.69, 9.17) is 4.42 Å². The minimum Gasteiger partial charge on any atom is -0.455 e. The zero-order valence-corrected chi connectivity index (χ0v) is 28.6. The summed E-state index contributed by atoms with van der Waals surface area (Å²) in [5, 5.41) is 4.55. The van der Waals surface area contributed by atoms with Crippen LogP contribution in [0.3, 0.4) is 0 Å². The van der Waals surface area contributed by atoms with Gasteiger partial charge < -0.3 is 9.32 Å². The molecule has 0 N–H and O–H groups in total. The Labute approximate surface area is 297 Å². The lowest BCUT2D eigenvalue weighted by molar-refractivity contribution is 0.660. The number of para-hydroxylation sites is 2. The molecule has 242 valence electrons. The van der Waals surface area contributed by atoms with Gasteiger partial charge in [0, 0.05) is 38.5 Å². The van der Waals surface area contributed by atoms with Gasteiger partial charge in [-0.2, -0.15) is 0 Å². The number of nitrogens with zero attached hydrogens (tertiary/aromatic N) is 1. The number of benzene rings is 8. The summed E-state index contributed by atoms with van der Waals surface area (Å²) in [6, 6.07) is 63.7. The van der Waals surface area contributed by atoms with Gasteiger partial charge in [0.05, 0.1) is 5.69 Å². The predicted octanol–water partition coefficient (Wildman–Crippen LogP) is 13.8. The number of hydrogen-bond donors (Lipinski definition) is 0. The van der Waals surface area contributed by atoms with Gasteiger partial charge in [0.25, 0.3) is 0 Å². The normalized spacial score (nSPS) is 13.1. The fourth-order valence-electron chi connectivity index (χ4n) is 8.36. The van der Waals surface area contributed by atoms with E-state index in [0.717, 1.165) is 50.0 Å². The van der Waals surface area contributed by atoms with Crippen molar-refractivity contribution in [2.45, 2.75) is 19.3 Å². The Bertz CT molecular complexity index is 2770. The monoisotopic (exact) mass is 653 g/mol. The number of rotatable bonds is 5. The molecule has 0 saturated heterocycles. The van der Waals surface area contributed by atoms with Gasteiger partial charge in [-0.25, -0.2) is 0 Å². The molecule has 10 rings (SSSR count). The van der Waals surface area contributed by atoms with Gasteiger partial charge in [-0.15, -0.1) is 0 Å². The Morgan fingerprint density at radius 2 is 1.02 bits per heavy atom. The molecule has 1 aliphatic carbocycles. The first-order valence-electron chi connectivity index (χ1n) is 17.7. The van der Waals surface area contributed by atoms with Crippen molar-refractivity contribution >= 4 is 49.8 Å². The Hall–Kier alpha value is -6.38. The van der Waals surface area contributed by atoms with E-state index in [1.54, 1.807) is 0 Å². The number of hydrogen-bond acceptors (Lipinski definition) is 2. The van der Waals surface area contributed by atoms with E-state index in [9.17, 15) is 0 Å². The zero-order chi connectivity index (χ0) is 34.1. The molecular weight excluding hydrogens is 619 g/mol. The molecule has 1 aliphatic rings. The molecule has 1 heterocycles. The first kappa shape index (κ1) is 29.5. The summed E-state index contributed by atoms with van der Waals surface area (Å²) in [5.41, 5.74) is 15.2. The van der Waals surface area contributed by atoms with E-state index in [1.165, 1.54) is 44.3 Å². The Kier molecular flexibility index (Phi) is 6.56. The van der Waals surface area contributed by atoms with Crippen molar-refractivity contribution < 1.29 is 4.42 Å². The van der Waals surface area contributed by atoms with E-state index >= 15 is 0 Å². The van der Waals surface area contributed by atoms with Crippen LogP contribution in [0.25, 0.3) is 66.1 Å². The van der Waals surface area contributed by atoms with Crippen LogP contribution in [0.2, 0.25) is 0 Å². The maximum atomic E-state index is 6.50. The third-order valence-electron chi connectivity index (χ3n) is 10.9. The van der Waals surface area contributed by atoms with Crippen LogP contribution in [0.5, 0.6) is 0 Å². The average molecular weight is 654 g/mol. The van der Waals surface area contributed by atoms with Crippen LogP contribution < -0.4 is 4.90 Å². The van der Waals surface area contributed by atoms with Crippen LogP contribution in [0.4, 0.5) is 17.1 Å². The first-order chi connectivity index (χ1) is 25.1. The SMILES string of the molecule is CC1(C)c2ccccc2-c2ccc(N(c3ccc(-c4ccccc4)cc3)c3ccccc3-c3cc4c5ccccc5oc4c4ccccc34)cc21. The van der Waals surface area contributed by atoms with Crippen molar-refractivity contribution in [1.82, 2.24) is 0 Å². The highest BCUT2D eigenvalue weighted by molar-refractivity contribution is 6.19. The summed E-state index contributed by atoms with van der Waals surface area (Å²) >= 11 is 0. The molecule has 0 fully saturated rings.